The molecule has 0 heterocycles. The standard InChI is InChI=1S/C44H84NO8P/c1-4-6-8-10-12-14-16-18-20-21-23-25-27-29-31-33-35-37-44(47)53-42(41-52-54(48,49)51-39-38-45-3)40-50-43(46)36-34-32-30-28-26-24-22-19-17-15-13-11-9-7-5-2/h15,17-18,20,42,45H,4-14,16,19,21-41H2,1-3H3,(H,48,49)/b17-15-,20-18-. The van der Waals surface area contributed by atoms with Crippen LogP contribution in [-0.4, -0.2) is 56.3 Å². The Hall–Kier alpha value is -1.51. The molecule has 0 aliphatic rings. The third kappa shape index (κ3) is 40.2. The zero-order chi connectivity index (χ0) is 39.6. The summed E-state index contributed by atoms with van der Waals surface area (Å²) in [6.45, 7) is 4.21. The molecule has 0 aromatic rings. The molecule has 2 N–H and O–H groups in total. The summed E-state index contributed by atoms with van der Waals surface area (Å²) in [6, 6.07) is 0. The highest BCUT2D eigenvalue weighted by atomic mass is 31.2. The van der Waals surface area contributed by atoms with Gasteiger partial charge in [0.15, 0.2) is 6.10 Å². The fourth-order valence-corrected chi connectivity index (χ4v) is 6.88. The molecule has 0 radical (unpaired) electrons. The van der Waals surface area contributed by atoms with Crippen molar-refractivity contribution in [3.63, 3.8) is 0 Å². The van der Waals surface area contributed by atoms with E-state index in [0.29, 0.717) is 13.0 Å². The Labute approximate surface area is 332 Å². The summed E-state index contributed by atoms with van der Waals surface area (Å²) in [7, 11) is -2.65. The monoisotopic (exact) mass is 786 g/mol. The van der Waals surface area contributed by atoms with Gasteiger partial charge in [-0.3, -0.25) is 18.6 Å². The van der Waals surface area contributed by atoms with Gasteiger partial charge in [-0.15, -0.1) is 0 Å². The van der Waals surface area contributed by atoms with Gasteiger partial charge < -0.3 is 19.7 Å². The molecule has 0 fully saturated rings. The Morgan fingerprint density at radius 3 is 1.39 bits per heavy atom. The highest BCUT2D eigenvalue weighted by Crippen LogP contribution is 2.43. The topological polar surface area (TPSA) is 120 Å². The van der Waals surface area contributed by atoms with Crippen molar-refractivity contribution in [2.75, 3.05) is 33.4 Å². The van der Waals surface area contributed by atoms with Crippen molar-refractivity contribution in [3.05, 3.63) is 24.3 Å². The van der Waals surface area contributed by atoms with Gasteiger partial charge in [0.25, 0.3) is 0 Å². The van der Waals surface area contributed by atoms with Gasteiger partial charge in [-0.25, -0.2) is 4.57 Å². The van der Waals surface area contributed by atoms with Crippen molar-refractivity contribution < 1.29 is 37.6 Å². The SMILES string of the molecule is CCCCCC/C=C\CCCCCCCCCC(=O)OCC(COP(=O)(O)OCCNC)OC(=O)CCCCCCCCC/C=C\CCCCCCCC. The van der Waals surface area contributed by atoms with E-state index >= 15 is 0 Å². The predicted octanol–water partition coefficient (Wildman–Crippen LogP) is 12.6. The molecular formula is C44H84NO8P. The first kappa shape index (κ1) is 52.5. The minimum Gasteiger partial charge on any atom is -0.462 e. The molecule has 0 bridgehead atoms. The maximum Gasteiger partial charge on any atom is 0.472 e. The number of carbonyl (C=O) groups excluding carboxylic acids is 2. The van der Waals surface area contributed by atoms with Crippen LogP contribution >= 0.6 is 7.82 Å². The van der Waals surface area contributed by atoms with E-state index in [1.54, 1.807) is 7.05 Å². The molecule has 0 aromatic carbocycles. The Morgan fingerprint density at radius 1 is 0.556 bits per heavy atom. The zero-order valence-corrected chi connectivity index (χ0v) is 36.1. The Bertz CT molecular complexity index is 944. The summed E-state index contributed by atoms with van der Waals surface area (Å²) < 4.78 is 33.2. The summed E-state index contributed by atoms with van der Waals surface area (Å²) >= 11 is 0. The average Bonchev–Trinajstić information content (AvgIpc) is 3.15. The summed E-state index contributed by atoms with van der Waals surface area (Å²) in [5.74, 6) is -0.811. The number of allylic oxidation sites excluding steroid dienone is 4. The van der Waals surface area contributed by atoms with E-state index in [9.17, 15) is 19.0 Å². The number of hydrogen-bond acceptors (Lipinski definition) is 8. The van der Waals surface area contributed by atoms with Crippen molar-refractivity contribution in [1.29, 1.82) is 0 Å². The van der Waals surface area contributed by atoms with Gasteiger partial charge in [0.2, 0.25) is 0 Å². The second-order valence-corrected chi connectivity index (χ2v) is 16.3. The lowest BCUT2D eigenvalue weighted by Crippen LogP contribution is -2.29. The summed E-state index contributed by atoms with van der Waals surface area (Å²) in [6.07, 6.45) is 42.1. The Balaban J connectivity index is 4.21. The number of esters is 2. The molecule has 0 saturated heterocycles. The first-order valence-electron chi connectivity index (χ1n) is 22.3. The summed E-state index contributed by atoms with van der Waals surface area (Å²) in [5, 5.41) is 2.82. The molecule has 0 spiro atoms. The number of carbonyl (C=O) groups is 2. The molecule has 0 rings (SSSR count). The number of unbranched alkanes of at least 4 members (excludes halogenated alkanes) is 24. The van der Waals surface area contributed by atoms with Gasteiger partial charge in [0.05, 0.1) is 13.2 Å². The van der Waals surface area contributed by atoms with E-state index < -0.39 is 26.5 Å². The van der Waals surface area contributed by atoms with Crippen molar-refractivity contribution in [1.82, 2.24) is 5.32 Å². The second kappa shape index (κ2) is 41.1. The van der Waals surface area contributed by atoms with Crippen LogP contribution in [-0.2, 0) is 32.7 Å². The van der Waals surface area contributed by atoms with Crippen LogP contribution in [0.2, 0.25) is 0 Å². The van der Waals surface area contributed by atoms with Crippen LogP contribution in [0, 0.1) is 0 Å². The molecule has 9 nitrogen and oxygen atoms in total. The van der Waals surface area contributed by atoms with Crippen LogP contribution in [0.15, 0.2) is 24.3 Å². The molecule has 318 valence electrons. The molecule has 0 aromatic heterocycles. The maximum atomic E-state index is 12.6. The normalized spacial score (nSPS) is 13.5. The van der Waals surface area contributed by atoms with Gasteiger partial charge >= 0.3 is 19.8 Å². The van der Waals surface area contributed by atoms with Crippen LogP contribution < -0.4 is 5.32 Å². The van der Waals surface area contributed by atoms with Crippen LogP contribution in [0.3, 0.4) is 0 Å². The highest BCUT2D eigenvalue weighted by Gasteiger charge is 2.26. The summed E-state index contributed by atoms with van der Waals surface area (Å²) in [5.41, 5.74) is 0. The van der Waals surface area contributed by atoms with E-state index in [2.05, 4.69) is 43.5 Å². The molecule has 10 heteroatoms. The largest absolute Gasteiger partial charge is 0.472 e. The summed E-state index contributed by atoms with van der Waals surface area (Å²) in [4.78, 5) is 35.1. The van der Waals surface area contributed by atoms with Crippen molar-refractivity contribution >= 4 is 19.8 Å². The maximum absolute atomic E-state index is 12.6. The minimum atomic E-state index is -4.35. The smallest absolute Gasteiger partial charge is 0.462 e. The number of likely N-dealkylation sites (N-methyl/N-ethyl adjacent to an activating group) is 1. The first-order chi connectivity index (χ1) is 26.3. The lowest BCUT2D eigenvalue weighted by molar-refractivity contribution is -0.161. The molecule has 54 heavy (non-hydrogen) atoms. The number of hydrogen-bond donors (Lipinski definition) is 2. The van der Waals surface area contributed by atoms with Crippen LogP contribution in [0.5, 0.6) is 0 Å². The molecule has 2 atom stereocenters. The van der Waals surface area contributed by atoms with Crippen molar-refractivity contribution in [3.8, 4) is 0 Å². The van der Waals surface area contributed by atoms with Crippen molar-refractivity contribution in [2.45, 2.75) is 213 Å². The number of nitrogens with one attached hydrogen (secondary N) is 1. The minimum absolute atomic E-state index is 0.0172. The third-order valence-corrected chi connectivity index (χ3v) is 10.5. The van der Waals surface area contributed by atoms with Crippen LogP contribution in [0.4, 0.5) is 0 Å². The Kier molecular flexibility index (Phi) is 40.0. The number of phosphoric acid groups is 1. The quantitative estimate of drug-likeness (QED) is 0.0270. The fraction of sp³-hybridized carbons (Fsp3) is 0.864. The van der Waals surface area contributed by atoms with Gasteiger partial charge in [-0.1, -0.05) is 154 Å². The van der Waals surface area contributed by atoms with Gasteiger partial charge in [0, 0.05) is 19.4 Å². The van der Waals surface area contributed by atoms with E-state index in [1.165, 1.54) is 122 Å². The van der Waals surface area contributed by atoms with Crippen LogP contribution in [0.1, 0.15) is 206 Å². The molecule has 2 unspecified atom stereocenters. The van der Waals surface area contributed by atoms with E-state index in [1.807, 2.05) is 0 Å². The molecule has 0 aliphatic heterocycles. The van der Waals surface area contributed by atoms with Gasteiger partial charge in [-0.2, -0.15) is 0 Å². The van der Waals surface area contributed by atoms with Crippen molar-refractivity contribution in [2.24, 2.45) is 0 Å². The fourth-order valence-electron chi connectivity index (χ4n) is 6.13. The van der Waals surface area contributed by atoms with Gasteiger partial charge in [0.1, 0.15) is 6.61 Å². The Morgan fingerprint density at radius 2 is 0.944 bits per heavy atom. The zero-order valence-electron chi connectivity index (χ0n) is 35.2. The second-order valence-electron chi connectivity index (χ2n) is 14.9. The first-order valence-corrected chi connectivity index (χ1v) is 23.8. The lowest BCUT2D eigenvalue weighted by Gasteiger charge is -2.20. The molecular weight excluding hydrogens is 701 g/mol. The number of phosphoric ester groups is 1. The van der Waals surface area contributed by atoms with Crippen LogP contribution in [0.25, 0.3) is 0 Å². The van der Waals surface area contributed by atoms with E-state index in [-0.39, 0.29) is 32.0 Å². The number of ether oxygens (including phenoxy) is 2. The molecule has 0 saturated carbocycles. The van der Waals surface area contributed by atoms with E-state index in [4.69, 9.17) is 18.5 Å². The highest BCUT2D eigenvalue weighted by molar-refractivity contribution is 7.47. The number of rotatable bonds is 42. The van der Waals surface area contributed by atoms with E-state index in [0.717, 1.165) is 51.4 Å². The predicted molar refractivity (Wildman–Crippen MR) is 225 cm³/mol. The van der Waals surface area contributed by atoms with Gasteiger partial charge in [-0.05, 0) is 71.3 Å². The lowest BCUT2D eigenvalue weighted by atomic mass is 10.1. The molecule has 0 aliphatic carbocycles. The molecule has 0 amide bonds. The third-order valence-electron chi connectivity index (χ3n) is 9.54. The average molecular weight is 786 g/mol.